The Morgan fingerprint density at radius 3 is 2.91 bits per heavy atom. The number of nitrogens with zero attached hydrogens (tertiary/aromatic N) is 3. The molecule has 23 heavy (non-hydrogen) atoms. The minimum absolute atomic E-state index is 0.0172. The van der Waals surface area contributed by atoms with Crippen LogP contribution in [0.3, 0.4) is 0 Å². The molecule has 0 aromatic carbocycles. The Hall–Kier alpha value is -1.56. The number of aromatic nitrogens is 1. The van der Waals surface area contributed by atoms with Crippen LogP contribution >= 0.6 is 0 Å². The highest BCUT2D eigenvalue weighted by Crippen LogP contribution is 2.39. The van der Waals surface area contributed by atoms with Gasteiger partial charge in [-0.3, -0.25) is 4.90 Å². The van der Waals surface area contributed by atoms with E-state index >= 15 is 0 Å². The van der Waals surface area contributed by atoms with Crippen LogP contribution in [0.4, 0.5) is 4.79 Å². The number of hydrogen-bond donors (Lipinski definition) is 1. The molecule has 1 aliphatic carbocycles. The summed E-state index contributed by atoms with van der Waals surface area (Å²) >= 11 is 0. The zero-order valence-electron chi connectivity index (χ0n) is 13.8. The second-order valence-corrected chi connectivity index (χ2v) is 7.23. The summed E-state index contributed by atoms with van der Waals surface area (Å²) < 4.78 is 5.70. The summed E-state index contributed by atoms with van der Waals surface area (Å²) in [4.78, 5) is 21.3. The first kappa shape index (κ1) is 15.0. The molecule has 6 nitrogen and oxygen atoms in total. The van der Waals surface area contributed by atoms with E-state index in [9.17, 15) is 4.79 Å². The minimum Gasteiger partial charge on any atom is -0.444 e. The topological polar surface area (TPSA) is 61.6 Å². The second kappa shape index (κ2) is 6.15. The Balaban J connectivity index is 1.29. The third-order valence-corrected chi connectivity index (χ3v) is 5.38. The number of likely N-dealkylation sites (tertiary alicyclic amines) is 2. The highest BCUT2D eigenvalue weighted by Gasteiger charge is 2.36. The molecule has 0 radical (unpaired) electrons. The number of urea groups is 1. The van der Waals surface area contributed by atoms with E-state index in [2.05, 4.69) is 22.1 Å². The van der Waals surface area contributed by atoms with E-state index in [0.717, 1.165) is 24.6 Å². The zero-order chi connectivity index (χ0) is 15.8. The summed E-state index contributed by atoms with van der Waals surface area (Å²) in [7, 11) is 0. The number of carbonyl (C=O) groups is 1. The molecule has 126 valence electrons. The molecular weight excluding hydrogens is 292 g/mol. The highest BCUT2D eigenvalue weighted by molar-refractivity contribution is 5.74. The third kappa shape index (κ3) is 3.22. The molecule has 0 bridgehead atoms. The Morgan fingerprint density at radius 1 is 1.39 bits per heavy atom. The van der Waals surface area contributed by atoms with Gasteiger partial charge in [0.2, 0.25) is 0 Å². The van der Waals surface area contributed by atoms with E-state index in [1.165, 1.54) is 38.8 Å². The van der Waals surface area contributed by atoms with Crippen LogP contribution < -0.4 is 5.32 Å². The maximum Gasteiger partial charge on any atom is 0.318 e. The van der Waals surface area contributed by atoms with Gasteiger partial charge >= 0.3 is 6.03 Å². The molecule has 2 unspecified atom stereocenters. The van der Waals surface area contributed by atoms with Crippen LogP contribution in [-0.2, 0) is 6.54 Å². The van der Waals surface area contributed by atoms with Crippen molar-refractivity contribution in [3.05, 3.63) is 17.8 Å². The molecule has 1 N–H and O–H groups in total. The fourth-order valence-corrected chi connectivity index (χ4v) is 3.84. The van der Waals surface area contributed by atoms with Crippen molar-refractivity contribution >= 4 is 6.03 Å². The van der Waals surface area contributed by atoms with Crippen molar-refractivity contribution in [1.29, 1.82) is 0 Å². The van der Waals surface area contributed by atoms with Gasteiger partial charge in [-0.1, -0.05) is 0 Å². The van der Waals surface area contributed by atoms with Crippen LogP contribution in [-0.4, -0.2) is 52.5 Å². The fourth-order valence-electron chi connectivity index (χ4n) is 3.84. The first-order valence-corrected chi connectivity index (χ1v) is 8.94. The van der Waals surface area contributed by atoms with E-state index in [1.54, 1.807) is 6.20 Å². The van der Waals surface area contributed by atoms with E-state index < -0.39 is 0 Å². The maximum atomic E-state index is 12.5. The molecule has 2 aliphatic heterocycles. The molecule has 1 aromatic rings. The van der Waals surface area contributed by atoms with Gasteiger partial charge in [0.1, 0.15) is 5.76 Å². The maximum absolute atomic E-state index is 12.5. The summed E-state index contributed by atoms with van der Waals surface area (Å²) in [5.74, 6) is 2.10. The quantitative estimate of drug-likeness (QED) is 0.925. The lowest BCUT2D eigenvalue weighted by Crippen LogP contribution is -2.43. The molecule has 2 saturated heterocycles. The molecule has 1 saturated carbocycles. The molecule has 3 heterocycles. The molecule has 3 fully saturated rings. The van der Waals surface area contributed by atoms with Gasteiger partial charge in [0, 0.05) is 24.5 Å². The number of hydrogen-bond acceptors (Lipinski definition) is 4. The van der Waals surface area contributed by atoms with E-state index in [0.29, 0.717) is 24.5 Å². The minimum atomic E-state index is 0.0172. The predicted octanol–water partition coefficient (Wildman–Crippen LogP) is 2.32. The van der Waals surface area contributed by atoms with Gasteiger partial charge in [0.25, 0.3) is 0 Å². The number of carbonyl (C=O) groups excluding carboxylic acids is 1. The van der Waals surface area contributed by atoms with Crippen molar-refractivity contribution in [2.75, 3.05) is 19.6 Å². The summed E-state index contributed by atoms with van der Waals surface area (Å²) in [6, 6.07) is 0.853. The molecule has 3 aliphatic rings. The van der Waals surface area contributed by atoms with Gasteiger partial charge in [-0.05, 0) is 52.1 Å². The Morgan fingerprint density at radius 2 is 2.17 bits per heavy atom. The Kier molecular flexibility index (Phi) is 4.01. The monoisotopic (exact) mass is 318 g/mol. The molecular formula is C17H26N4O2. The molecule has 2 atom stereocenters. The lowest BCUT2D eigenvalue weighted by Gasteiger charge is -2.24. The van der Waals surface area contributed by atoms with Crippen molar-refractivity contribution in [2.45, 2.75) is 63.6 Å². The molecule has 1 aromatic heterocycles. The lowest BCUT2D eigenvalue weighted by atomic mass is 10.2. The largest absolute Gasteiger partial charge is 0.444 e. The second-order valence-electron chi connectivity index (χ2n) is 7.23. The van der Waals surface area contributed by atoms with Gasteiger partial charge in [-0.2, -0.15) is 0 Å². The number of oxazole rings is 1. The normalized spacial score (nSPS) is 28.5. The van der Waals surface area contributed by atoms with Gasteiger partial charge in [-0.25, -0.2) is 9.78 Å². The Labute approximate surface area is 137 Å². The van der Waals surface area contributed by atoms with Crippen LogP contribution in [0.25, 0.3) is 0 Å². The summed E-state index contributed by atoms with van der Waals surface area (Å²) in [5.41, 5.74) is 0. The highest BCUT2D eigenvalue weighted by atomic mass is 16.4. The van der Waals surface area contributed by atoms with Crippen molar-refractivity contribution in [1.82, 2.24) is 20.1 Å². The molecule has 6 heteroatoms. The van der Waals surface area contributed by atoms with Gasteiger partial charge in [0.15, 0.2) is 5.89 Å². The number of rotatable bonds is 4. The number of nitrogens with one attached hydrogen (secondary N) is 1. The van der Waals surface area contributed by atoms with Crippen LogP contribution in [0.5, 0.6) is 0 Å². The summed E-state index contributed by atoms with van der Waals surface area (Å²) in [5, 5.41) is 2.99. The summed E-state index contributed by atoms with van der Waals surface area (Å²) in [6.45, 7) is 5.80. The van der Waals surface area contributed by atoms with Crippen molar-refractivity contribution in [3.63, 3.8) is 0 Å². The van der Waals surface area contributed by atoms with E-state index in [4.69, 9.17) is 4.42 Å². The lowest BCUT2D eigenvalue weighted by molar-refractivity contribution is 0.188. The molecule has 2 amide bonds. The summed E-state index contributed by atoms with van der Waals surface area (Å²) in [6.07, 6.45) is 7.78. The number of amides is 2. The fraction of sp³-hybridized carbons (Fsp3) is 0.765. The van der Waals surface area contributed by atoms with E-state index in [1.807, 2.05) is 4.90 Å². The Bertz CT molecular complexity index is 563. The zero-order valence-corrected chi connectivity index (χ0v) is 13.8. The van der Waals surface area contributed by atoms with Crippen molar-refractivity contribution < 1.29 is 9.21 Å². The van der Waals surface area contributed by atoms with Crippen LogP contribution in [0.15, 0.2) is 10.6 Å². The smallest absolute Gasteiger partial charge is 0.318 e. The van der Waals surface area contributed by atoms with Crippen molar-refractivity contribution in [2.24, 2.45) is 0 Å². The predicted molar refractivity (Wildman–Crippen MR) is 86.1 cm³/mol. The van der Waals surface area contributed by atoms with Gasteiger partial charge in [-0.15, -0.1) is 0 Å². The van der Waals surface area contributed by atoms with Crippen LogP contribution in [0.2, 0.25) is 0 Å². The third-order valence-electron chi connectivity index (χ3n) is 5.38. The van der Waals surface area contributed by atoms with Crippen molar-refractivity contribution in [3.8, 4) is 0 Å². The SMILES string of the molecule is CC1CC(N2CCCC2)CN1C(=O)NCc1cnc(C2CC2)o1. The first-order valence-electron chi connectivity index (χ1n) is 8.94. The average Bonchev–Trinajstić information content (AvgIpc) is 2.96. The average molecular weight is 318 g/mol. The molecule has 4 rings (SSSR count). The first-order chi connectivity index (χ1) is 11.2. The van der Waals surface area contributed by atoms with Crippen LogP contribution in [0.1, 0.15) is 56.6 Å². The van der Waals surface area contributed by atoms with Gasteiger partial charge < -0.3 is 14.6 Å². The van der Waals surface area contributed by atoms with Gasteiger partial charge in [0.05, 0.1) is 12.7 Å². The standard InChI is InChI=1S/C17H26N4O2/c1-12-8-14(20-6-2-3-7-20)11-21(12)17(22)19-10-15-9-18-16(23-15)13-4-5-13/h9,12-14H,2-8,10-11H2,1H3,(H,19,22). The van der Waals surface area contributed by atoms with E-state index in [-0.39, 0.29) is 6.03 Å². The van der Waals surface area contributed by atoms with Crippen LogP contribution in [0, 0.1) is 0 Å². The molecule has 0 spiro atoms.